The third kappa shape index (κ3) is 1.63. The molecular weight excluding hydrogens is 214 g/mol. The molecule has 0 radical (unpaired) electrons. The van der Waals surface area contributed by atoms with Crippen molar-refractivity contribution in [2.45, 2.75) is 13.8 Å². The van der Waals surface area contributed by atoms with Crippen molar-refractivity contribution < 1.29 is 4.79 Å². The molecule has 0 aliphatic heterocycles. The van der Waals surface area contributed by atoms with E-state index in [-0.39, 0.29) is 5.78 Å². The average molecular weight is 223 g/mol. The Morgan fingerprint density at radius 2 is 2.21 bits per heavy atom. The van der Waals surface area contributed by atoms with Crippen LogP contribution in [0.3, 0.4) is 0 Å². The molecule has 72 valence electrons. The first-order chi connectivity index (χ1) is 6.68. The Balaban J connectivity index is 2.38. The Morgan fingerprint density at radius 1 is 1.43 bits per heavy atom. The van der Waals surface area contributed by atoms with Crippen LogP contribution in [0.25, 0.3) is 0 Å². The minimum atomic E-state index is 0.0920. The van der Waals surface area contributed by atoms with E-state index in [0.717, 1.165) is 20.3 Å². The van der Waals surface area contributed by atoms with Gasteiger partial charge in [0.05, 0.1) is 9.88 Å². The Labute approximate surface area is 90.2 Å². The number of aryl methyl sites for hydroxylation is 2. The van der Waals surface area contributed by atoms with Crippen LogP contribution in [0.4, 0.5) is 0 Å². The predicted molar refractivity (Wildman–Crippen MR) is 59.3 cm³/mol. The van der Waals surface area contributed by atoms with Crippen LogP contribution in [0.15, 0.2) is 17.6 Å². The summed E-state index contributed by atoms with van der Waals surface area (Å²) >= 11 is 3.04. The van der Waals surface area contributed by atoms with E-state index in [9.17, 15) is 4.79 Å². The molecule has 0 fully saturated rings. The predicted octanol–water partition coefficient (Wildman–Crippen LogP) is 3.05. The first kappa shape index (κ1) is 9.55. The first-order valence-corrected chi connectivity index (χ1v) is 5.89. The topological polar surface area (TPSA) is 30.0 Å². The van der Waals surface area contributed by atoms with Gasteiger partial charge in [-0.1, -0.05) is 0 Å². The lowest BCUT2D eigenvalue weighted by Crippen LogP contribution is -1.97. The number of hydrogen-bond donors (Lipinski definition) is 0. The molecule has 14 heavy (non-hydrogen) atoms. The van der Waals surface area contributed by atoms with Crippen molar-refractivity contribution in [3.63, 3.8) is 0 Å². The maximum Gasteiger partial charge on any atom is 0.205 e. The number of nitrogens with zero attached hydrogens (tertiary/aromatic N) is 1. The molecule has 2 nitrogen and oxygen atoms in total. The quantitative estimate of drug-likeness (QED) is 0.732. The third-order valence-corrected chi connectivity index (χ3v) is 3.71. The molecule has 0 unspecified atom stereocenters. The molecule has 2 aromatic rings. The van der Waals surface area contributed by atoms with Gasteiger partial charge in [-0.2, -0.15) is 0 Å². The summed E-state index contributed by atoms with van der Waals surface area (Å²) in [5, 5.41) is 2.87. The van der Waals surface area contributed by atoms with Gasteiger partial charge in [-0.3, -0.25) is 4.79 Å². The van der Waals surface area contributed by atoms with Crippen LogP contribution in [-0.2, 0) is 0 Å². The van der Waals surface area contributed by atoms with E-state index in [1.165, 1.54) is 11.3 Å². The number of hydrogen-bond acceptors (Lipinski definition) is 4. The molecule has 0 amide bonds. The van der Waals surface area contributed by atoms with Gasteiger partial charge in [0.2, 0.25) is 5.78 Å². The van der Waals surface area contributed by atoms with Crippen molar-refractivity contribution >= 4 is 28.5 Å². The van der Waals surface area contributed by atoms with E-state index in [4.69, 9.17) is 0 Å². The molecule has 0 saturated carbocycles. The largest absolute Gasteiger partial charge is 0.288 e. The van der Waals surface area contributed by atoms with Gasteiger partial charge in [0.15, 0.2) is 0 Å². The van der Waals surface area contributed by atoms with Crippen LogP contribution < -0.4 is 0 Å². The molecule has 0 spiro atoms. The lowest BCUT2D eigenvalue weighted by Gasteiger charge is -1.94. The fraction of sp³-hybridized carbons (Fsp3) is 0.200. The van der Waals surface area contributed by atoms with E-state index in [2.05, 4.69) is 4.98 Å². The Hall–Kier alpha value is -1.00. The number of ketones is 1. The minimum Gasteiger partial charge on any atom is -0.288 e. The summed E-state index contributed by atoms with van der Waals surface area (Å²) in [4.78, 5) is 17.8. The normalized spacial score (nSPS) is 10.4. The number of aromatic nitrogens is 1. The standard InChI is InChI=1S/C10H9NOS2/c1-6-8(3-4-13-6)10(12)9-5-11-7(2)14-9/h3-5H,1-2H3. The highest BCUT2D eigenvalue weighted by molar-refractivity contribution is 7.14. The first-order valence-electron chi connectivity index (χ1n) is 4.19. The molecule has 0 aromatic carbocycles. The number of carbonyl (C=O) groups is 1. The van der Waals surface area contributed by atoms with Gasteiger partial charge in [-0.25, -0.2) is 4.98 Å². The SMILES string of the molecule is Cc1ncc(C(=O)c2ccsc2C)s1. The van der Waals surface area contributed by atoms with Gasteiger partial charge in [0.25, 0.3) is 0 Å². The maximum absolute atomic E-state index is 11.9. The van der Waals surface area contributed by atoms with Crippen LogP contribution in [0.2, 0.25) is 0 Å². The summed E-state index contributed by atoms with van der Waals surface area (Å²) in [5.41, 5.74) is 0.804. The van der Waals surface area contributed by atoms with Crippen LogP contribution in [0.5, 0.6) is 0 Å². The highest BCUT2D eigenvalue weighted by Crippen LogP contribution is 2.21. The average Bonchev–Trinajstić information content (AvgIpc) is 2.73. The van der Waals surface area contributed by atoms with Gasteiger partial charge in [0.1, 0.15) is 0 Å². The van der Waals surface area contributed by atoms with Crippen molar-refractivity contribution in [1.29, 1.82) is 0 Å². The van der Waals surface area contributed by atoms with E-state index in [0.29, 0.717) is 0 Å². The minimum absolute atomic E-state index is 0.0920. The Bertz CT molecular complexity index is 470. The van der Waals surface area contributed by atoms with E-state index in [1.807, 2.05) is 25.3 Å². The zero-order chi connectivity index (χ0) is 10.1. The van der Waals surface area contributed by atoms with E-state index >= 15 is 0 Å². The highest BCUT2D eigenvalue weighted by Gasteiger charge is 2.14. The molecule has 4 heteroatoms. The maximum atomic E-state index is 11.9. The number of thiazole rings is 1. The molecule has 2 rings (SSSR count). The van der Waals surface area contributed by atoms with Gasteiger partial charge in [0, 0.05) is 16.6 Å². The van der Waals surface area contributed by atoms with Gasteiger partial charge in [-0.15, -0.1) is 22.7 Å². The Morgan fingerprint density at radius 3 is 2.71 bits per heavy atom. The molecule has 0 bridgehead atoms. The Kier molecular flexibility index (Phi) is 2.48. The molecule has 0 atom stereocenters. The fourth-order valence-corrected chi connectivity index (χ4v) is 2.65. The molecule has 0 N–H and O–H groups in total. The highest BCUT2D eigenvalue weighted by atomic mass is 32.1. The fourth-order valence-electron chi connectivity index (χ4n) is 1.22. The molecule has 0 saturated heterocycles. The second-order valence-corrected chi connectivity index (χ2v) is 5.32. The summed E-state index contributed by atoms with van der Waals surface area (Å²) in [5.74, 6) is 0.0920. The van der Waals surface area contributed by atoms with Crippen molar-refractivity contribution in [3.8, 4) is 0 Å². The summed E-state index contributed by atoms with van der Waals surface area (Å²) in [6.45, 7) is 3.87. The van der Waals surface area contributed by atoms with Gasteiger partial charge in [-0.05, 0) is 25.3 Å². The number of rotatable bonds is 2. The summed E-state index contributed by atoms with van der Waals surface area (Å²) < 4.78 is 0. The smallest absolute Gasteiger partial charge is 0.205 e. The van der Waals surface area contributed by atoms with Crippen molar-refractivity contribution in [2.75, 3.05) is 0 Å². The van der Waals surface area contributed by atoms with Crippen LogP contribution in [-0.4, -0.2) is 10.8 Å². The zero-order valence-electron chi connectivity index (χ0n) is 7.90. The molecule has 2 heterocycles. The van der Waals surface area contributed by atoms with Crippen molar-refractivity contribution in [2.24, 2.45) is 0 Å². The molecule has 0 aliphatic carbocycles. The van der Waals surface area contributed by atoms with Crippen LogP contribution >= 0.6 is 22.7 Å². The number of thiophene rings is 1. The summed E-state index contributed by atoms with van der Waals surface area (Å²) in [6, 6.07) is 1.87. The second kappa shape index (κ2) is 3.63. The third-order valence-electron chi connectivity index (χ3n) is 1.95. The molecular formula is C10H9NOS2. The van der Waals surface area contributed by atoms with Crippen molar-refractivity contribution in [1.82, 2.24) is 4.98 Å². The second-order valence-electron chi connectivity index (χ2n) is 2.96. The van der Waals surface area contributed by atoms with Gasteiger partial charge < -0.3 is 0 Å². The van der Waals surface area contributed by atoms with E-state index in [1.54, 1.807) is 17.5 Å². The van der Waals surface area contributed by atoms with E-state index < -0.39 is 0 Å². The lowest BCUT2D eigenvalue weighted by atomic mass is 10.1. The zero-order valence-corrected chi connectivity index (χ0v) is 9.54. The number of carbonyl (C=O) groups excluding carboxylic acids is 1. The van der Waals surface area contributed by atoms with Gasteiger partial charge >= 0.3 is 0 Å². The lowest BCUT2D eigenvalue weighted by molar-refractivity contribution is 0.104. The summed E-state index contributed by atoms with van der Waals surface area (Å²) in [7, 11) is 0. The van der Waals surface area contributed by atoms with Crippen LogP contribution in [0.1, 0.15) is 25.1 Å². The van der Waals surface area contributed by atoms with Crippen LogP contribution in [0, 0.1) is 13.8 Å². The summed E-state index contributed by atoms with van der Waals surface area (Å²) in [6.07, 6.45) is 1.65. The molecule has 0 aliphatic rings. The monoisotopic (exact) mass is 223 g/mol. The van der Waals surface area contributed by atoms with Crippen molar-refractivity contribution in [3.05, 3.63) is 38.0 Å². The molecule has 2 aromatic heterocycles.